The molecule has 0 saturated heterocycles. The standard InChI is InChI=1S/C24H20N2O6S.C18H18N2O.C7H5N3O3.CH4/c1-16(27)19-5-3-4-17(12-19)15-26-10-8-18(9-11-26)24-25-14-22(30-24)20-6-7-21(29-2)23(13-20)33-32-31-28;1-13-4-6-15(7-5-13)18-19-12-17(21-18)14-8-10-16(11-9-14)20(2)3;1-4-2-3-5(10(11)12)7-6(4)8-13-9-7;/h3-14H,15H2,1-2H3;4-12H,1-3H3;2-3H,1H3;1H4. The molecule has 68 heavy (non-hydrogen) atoms. The second-order valence-corrected chi connectivity index (χ2v) is 15.8. The van der Waals surface area contributed by atoms with E-state index in [2.05, 4.69) is 82.5 Å². The fraction of sp³-hybridized carbons (Fsp3) is 0.160. The fourth-order valence-electron chi connectivity index (χ4n) is 6.58. The lowest BCUT2D eigenvalue weighted by Gasteiger charge is -2.11. The third kappa shape index (κ3) is 12.2. The third-order valence-corrected chi connectivity index (χ3v) is 10.8. The molecular formula is C50H47N7O10S. The molecule has 0 atom stereocenters. The molecule has 5 aromatic carbocycles. The first-order valence-corrected chi connectivity index (χ1v) is 21.2. The maximum absolute atomic E-state index is 11.6. The van der Waals surface area contributed by atoms with Crippen molar-refractivity contribution in [3.05, 3.63) is 172 Å². The van der Waals surface area contributed by atoms with Gasteiger partial charge in [-0.2, -0.15) is 4.33 Å². The number of hydrogen-bond acceptors (Lipinski definition) is 16. The molecule has 17 nitrogen and oxygen atoms in total. The molecule has 0 bridgehead atoms. The number of nitro groups is 1. The van der Waals surface area contributed by atoms with Crippen molar-refractivity contribution in [3.8, 4) is 51.3 Å². The van der Waals surface area contributed by atoms with E-state index in [1.54, 1.807) is 44.4 Å². The van der Waals surface area contributed by atoms with E-state index in [9.17, 15) is 20.2 Å². The molecular weight excluding hydrogens is 891 g/mol. The summed E-state index contributed by atoms with van der Waals surface area (Å²) in [5.74, 6) is 3.04. The number of non-ortho nitro benzene ring substituents is 1. The minimum absolute atomic E-state index is 0. The van der Waals surface area contributed by atoms with Gasteiger partial charge < -0.3 is 23.7 Å². The number of benzene rings is 5. The summed E-state index contributed by atoms with van der Waals surface area (Å²) < 4.78 is 27.9. The number of anilines is 1. The van der Waals surface area contributed by atoms with Gasteiger partial charge in [0.2, 0.25) is 17.3 Å². The van der Waals surface area contributed by atoms with Crippen LogP contribution in [0.4, 0.5) is 11.4 Å². The van der Waals surface area contributed by atoms with E-state index in [0.29, 0.717) is 45.8 Å². The highest BCUT2D eigenvalue weighted by Crippen LogP contribution is 2.35. The second kappa shape index (κ2) is 22.9. The van der Waals surface area contributed by atoms with Gasteiger partial charge in [-0.1, -0.05) is 49.4 Å². The van der Waals surface area contributed by atoms with Gasteiger partial charge in [0.05, 0.1) is 41.4 Å². The monoisotopic (exact) mass is 937 g/mol. The summed E-state index contributed by atoms with van der Waals surface area (Å²) in [6.45, 7) is 6.05. The first-order chi connectivity index (χ1) is 32.4. The molecule has 0 aliphatic rings. The van der Waals surface area contributed by atoms with E-state index in [1.807, 2.05) is 85.7 Å². The number of oxazole rings is 2. The van der Waals surface area contributed by atoms with E-state index in [0.717, 1.165) is 56.9 Å². The van der Waals surface area contributed by atoms with Crippen molar-refractivity contribution in [1.29, 1.82) is 0 Å². The lowest BCUT2D eigenvalue weighted by Crippen LogP contribution is -2.33. The smallest absolute Gasteiger partial charge is 0.300 e. The van der Waals surface area contributed by atoms with E-state index < -0.39 is 4.92 Å². The lowest BCUT2D eigenvalue weighted by atomic mass is 10.1. The summed E-state index contributed by atoms with van der Waals surface area (Å²) in [4.78, 5) is 33.0. The van der Waals surface area contributed by atoms with Gasteiger partial charge in [0, 0.05) is 71.4 Å². The predicted molar refractivity (Wildman–Crippen MR) is 254 cm³/mol. The van der Waals surface area contributed by atoms with E-state index in [4.69, 9.17) is 13.6 Å². The van der Waals surface area contributed by atoms with Crippen molar-refractivity contribution in [1.82, 2.24) is 20.3 Å². The van der Waals surface area contributed by atoms with Gasteiger partial charge in [-0.15, -0.1) is 0 Å². The number of methoxy groups -OCH3 is 1. The molecule has 4 heterocycles. The van der Waals surface area contributed by atoms with Crippen LogP contribution in [-0.2, 0) is 15.9 Å². The Morgan fingerprint density at radius 3 is 2.01 bits per heavy atom. The SMILES string of the molecule is C.COc1ccc(-c2cnc(-c3cc[n+](Cc4cccc(C(C)=O)c4)cc3)o2)cc1SOO[O-].Cc1ccc(-c2ncc(-c3ccc(N(C)C)cc3)o2)cc1.Cc1ccc([N+](=O)[O-])c2nonc12. The molecule has 9 aromatic rings. The second-order valence-electron chi connectivity index (χ2n) is 15.1. The van der Waals surface area contributed by atoms with Crippen LogP contribution in [0, 0.1) is 24.0 Å². The number of aromatic nitrogens is 5. The Bertz CT molecular complexity index is 3100. The average Bonchev–Trinajstić information content (AvgIpc) is 4.15. The summed E-state index contributed by atoms with van der Waals surface area (Å²) in [5.41, 5.74) is 9.08. The van der Waals surface area contributed by atoms with Crippen molar-refractivity contribution in [2.45, 2.75) is 39.6 Å². The van der Waals surface area contributed by atoms with Gasteiger partial charge in [0.15, 0.2) is 36.2 Å². The number of nitrogens with zero attached hydrogens (tertiary/aromatic N) is 7. The molecule has 0 N–H and O–H groups in total. The number of ketones is 1. The Hall–Kier alpha value is -8.03. The number of carbonyl (C=O) groups is 1. The minimum Gasteiger partial charge on any atom is -0.691 e. The van der Waals surface area contributed by atoms with Gasteiger partial charge in [0.1, 0.15) is 11.3 Å². The van der Waals surface area contributed by atoms with Crippen LogP contribution in [0.25, 0.3) is 56.6 Å². The zero-order valence-electron chi connectivity index (χ0n) is 37.1. The summed E-state index contributed by atoms with van der Waals surface area (Å²) in [6, 6.07) is 36.2. The summed E-state index contributed by atoms with van der Waals surface area (Å²) in [7, 11) is 5.57. The highest BCUT2D eigenvalue weighted by atomic mass is 32.2. The number of aryl methyl sites for hydroxylation is 2. The molecule has 348 valence electrons. The van der Waals surface area contributed by atoms with Crippen LogP contribution in [0.15, 0.2) is 158 Å². The van der Waals surface area contributed by atoms with Crippen molar-refractivity contribution >= 4 is 40.2 Å². The average molecular weight is 938 g/mol. The number of carbonyl (C=O) groups excluding carboxylic acids is 1. The molecule has 0 amide bonds. The number of fused-ring (bicyclic) bond motifs is 1. The van der Waals surface area contributed by atoms with Gasteiger partial charge in [-0.05, 0) is 97.3 Å². The van der Waals surface area contributed by atoms with Crippen LogP contribution in [0.5, 0.6) is 5.75 Å². The van der Waals surface area contributed by atoms with Gasteiger partial charge in [0.25, 0.3) is 0 Å². The zero-order valence-corrected chi connectivity index (χ0v) is 37.9. The Labute approximate surface area is 395 Å². The predicted octanol–water partition coefficient (Wildman–Crippen LogP) is 10.2. The number of hydrogen-bond donors (Lipinski definition) is 0. The molecule has 0 saturated carbocycles. The van der Waals surface area contributed by atoms with Crippen LogP contribution in [0.3, 0.4) is 0 Å². The molecule has 0 fully saturated rings. The molecule has 0 unspecified atom stereocenters. The van der Waals surface area contributed by atoms with E-state index in [1.165, 1.54) is 18.7 Å². The minimum atomic E-state index is -0.508. The number of pyridine rings is 1. The Morgan fingerprint density at radius 2 is 1.40 bits per heavy atom. The quantitative estimate of drug-likeness (QED) is 0.0263. The summed E-state index contributed by atoms with van der Waals surface area (Å²) in [6.07, 6.45) is 7.27. The number of nitro benzene ring substituents is 1. The highest BCUT2D eigenvalue weighted by Gasteiger charge is 2.18. The van der Waals surface area contributed by atoms with Crippen LogP contribution in [0.2, 0.25) is 0 Å². The Kier molecular flexibility index (Phi) is 16.7. The lowest BCUT2D eigenvalue weighted by molar-refractivity contribution is -0.777. The maximum Gasteiger partial charge on any atom is 0.300 e. The summed E-state index contributed by atoms with van der Waals surface area (Å²) in [5, 5.41) is 31.1. The largest absolute Gasteiger partial charge is 0.691 e. The van der Waals surface area contributed by atoms with E-state index in [-0.39, 0.29) is 24.4 Å². The van der Waals surface area contributed by atoms with E-state index >= 15 is 0 Å². The topological polar surface area (TPSA) is 209 Å². The van der Waals surface area contributed by atoms with Crippen LogP contribution in [-0.4, -0.2) is 52.2 Å². The number of rotatable bonds is 13. The van der Waals surface area contributed by atoms with Crippen molar-refractivity contribution in [2.75, 3.05) is 26.1 Å². The number of ether oxygens (including phenoxy) is 1. The molecule has 0 radical (unpaired) electrons. The molecule has 4 aromatic heterocycles. The highest BCUT2D eigenvalue weighted by molar-refractivity contribution is 7.94. The molecule has 9 rings (SSSR count). The Morgan fingerprint density at radius 1 is 0.779 bits per heavy atom. The van der Waals surface area contributed by atoms with Gasteiger partial charge in [-0.25, -0.2) is 19.2 Å². The normalized spacial score (nSPS) is 10.6. The molecule has 0 spiro atoms. The van der Waals surface area contributed by atoms with Crippen LogP contribution in [0.1, 0.15) is 41.4 Å². The van der Waals surface area contributed by atoms with Crippen LogP contribution < -0.4 is 19.5 Å². The number of Topliss-reactive ketones (excluding diaryl/α,β-unsaturated/α-hetero) is 1. The maximum atomic E-state index is 11.6. The summed E-state index contributed by atoms with van der Waals surface area (Å²) >= 11 is 0.745. The van der Waals surface area contributed by atoms with Crippen molar-refractivity contribution in [2.24, 2.45) is 0 Å². The van der Waals surface area contributed by atoms with Crippen molar-refractivity contribution in [3.63, 3.8) is 0 Å². The zero-order chi connectivity index (χ0) is 47.5. The molecule has 0 aliphatic carbocycles. The van der Waals surface area contributed by atoms with Crippen molar-refractivity contribution < 1.29 is 47.1 Å². The third-order valence-electron chi connectivity index (χ3n) is 10.2. The van der Waals surface area contributed by atoms with Gasteiger partial charge in [-0.3, -0.25) is 19.9 Å². The first-order valence-electron chi connectivity index (χ1n) is 20.4. The first kappa shape index (κ1) is 49.4. The molecule has 18 heteroatoms. The Balaban J connectivity index is 0.000000185. The molecule has 0 aliphatic heterocycles. The van der Waals surface area contributed by atoms with Gasteiger partial charge >= 0.3 is 5.69 Å². The fourth-order valence-corrected chi connectivity index (χ4v) is 7.09. The van der Waals surface area contributed by atoms with Crippen LogP contribution >= 0.6 is 12.0 Å².